The molecule has 0 aliphatic rings. The van der Waals surface area contributed by atoms with E-state index >= 15 is 0 Å². The summed E-state index contributed by atoms with van der Waals surface area (Å²) in [6, 6.07) is 10.5. The van der Waals surface area contributed by atoms with Gasteiger partial charge in [-0.3, -0.25) is 4.79 Å². The number of rotatable bonds is 6. The van der Waals surface area contributed by atoms with E-state index in [1.807, 2.05) is 24.4 Å². The van der Waals surface area contributed by atoms with E-state index in [-0.39, 0.29) is 17.2 Å². The number of carbonyl (C=O) groups excluding carboxylic acids is 1. The second-order valence-corrected chi connectivity index (χ2v) is 5.80. The number of aromatic amines is 1. The Morgan fingerprint density at radius 2 is 1.81 bits per heavy atom. The Kier molecular flexibility index (Phi) is 5.25. The van der Waals surface area contributed by atoms with E-state index in [4.69, 9.17) is 4.74 Å². The number of hydrogen-bond acceptors (Lipinski definition) is 3. The van der Waals surface area contributed by atoms with Crippen LogP contribution in [0.3, 0.4) is 0 Å². The molecule has 0 spiro atoms. The van der Waals surface area contributed by atoms with Gasteiger partial charge in [0.1, 0.15) is 11.5 Å². The summed E-state index contributed by atoms with van der Waals surface area (Å²) in [5.74, 6) is 0.00585. The lowest BCUT2D eigenvalue weighted by molar-refractivity contribution is -0.274. The van der Waals surface area contributed by atoms with Crippen LogP contribution in [0.25, 0.3) is 10.9 Å². The number of halogens is 3. The molecular weight excluding hydrogens is 361 g/mol. The molecule has 0 fully saturated rings. The quantitative estimate of drug-likeness (QED) is 0.680. The topological polar surface area (TPSA) is 63.3 Å². The van der Waals surface area contributed by atoms with Crippen molar-refractivity contribution >= 4 is 16.8 Å². The molecule has 8 heteroatoms. The number of H-pyrrole nitrogens is 1. The molecule has 5 nitrogen and oxygen atoms in total. The van der Waals surface area contributed by atoms with Gasteiger partial charge in [-0.15, -0.1) is 13.2 Å². The second kappa shape index (κ2) is 7.61. The molecule has 0 aliphatic carbocycles. The van der Waals surface area contributed by atoms with Gasteiger partial charge >= 0.3 is 6.36 Å². The predicted molar refractivity (Wildman–Crippen MR) is 94.0 cm³/mol. The highest BCUT2D eigenvalue weighted by Crippen LogP contribution is 2.24. The average Bonchev–Trinajstić information content (AvgIpc) is 3.03. The minimum atomic E-state index is -4.76. The number of methoxy groups -OCH3 is 1. The van der Waals surface area contributed by atoms with Gasteiger partial charge < -0.3 is 19.8 Å². The summed E-state index contributed by atoms with van der Waals surface area (Å²) in [5.41, 5.74) is 2.25. The number of aromatic nitrogens is 1. The molecule has 27 heavy (non-hydrogen) atoms. The van der Waals surface area contributed by atoms with Crippen LogP contribution in [0, 0.1) is 0 Å². The van der Waals surface area contributed by atoms with E-state index in [2.05, 4.69) is 15.0 Å². The second-order valence-electron chi connectivity index (χ2n) is 5.80. The summed E-state index contributed by atoms with van der Waals surface area (Å²) in [5, 5.41) is 3.76. The molecule has 2 N–H and O–H groups in total. The van der Waals surface area contributed by atoms with Gasteiger partial charge in [-0.2, -0.15) is 0 Å². The van der Waals surface area contributed by atoms with Crippen molar-refractivity contribution in [2.75, 3.05) is 13.7 Å². The van der Waals surface area contributed by atoms with Gasteiger partial charge in [-0.1, -0.05) is 0 Å². The molecule has 0 radical (unpaired) electrons. The van der Waals surface area contributed by atoms with Crippen molar-refractivity contribution in [2.24, 2.45) is 0 Å². The summed E-state index contributed by atoms with van der Waals surface area (Å²) in [7, 11) is 1.60. The lowest BCUT2D eigenvalue weighted by Gasteiger charge is -2.09. The van der Waals surface area contributed by atoms with Crippen molar-refractivity contribution in [3.05, 3.63) is 59.8 Å². The smallest absolute Gasteiger partial charge is 0.497 e. The van der Waals surface area contributed by atoms with E-state index < -0.39 is 6.36 Å². The molecule has 0 saturated carbocycles. The molecular formula is C19H17F3N2O3. The van der Waals surface area contributed by atoms with Crippen LogP contribution in [-0.2, 0) is 6.42 Å². The van der Waals surface area contributed by atoms with E-state index in [1.165, 1.54) is 12.1 Å². The van der Waals surface area contributed by atoms with Crippen LogP contribution < -0.4 is 14.8 Å². The number of benzene rings is 2. The van der Waals surface area contributed by atoms with Crippen LogP contribution in [0.5, 0.6) is 11.5 Å². The third-order valence-electron chi connectivity index (χ3n) is 4.00. The molecule has 2 aromatic carbocycles. The van der Waals surface area contributed by atoms with Gasteiger partial charge in [0.2, 0.25) is 0 Å². The van der Waals surface area contributed by atoms with Crippen molar-refractivity contribution in [3.63, 3.8) is 0 Å². The largest absolute Gasteiger partial charge is 0.573 e. The Morgan fingerprint density at radius 3 is 2.48 bits per heavy atom. The highest BCUT2D eigenvalue weighted by Gasteiger charge is 2.31. The van der Waals surface area contributed by atoms with Crippen molar-refractivity contribution < 1.29 is 27.4 Å². The number of fused-ring (bicyclic) bond motifs is 1. The Bertz CT molecular complexity index is 934. The molecule has 0 atom stereocenters. The summed E-state index contributed by atoms with van der Waals surface area (Å²) in [6.45, 7) is 0.379. The molecule has 0 bridgehead atoms. The number of hydrogen-bond donors (Lipinski definition) is 2. The van der Waals surface area contributed by atoms with Crippen LogP contribution >= 0.6 is 0 Å². The molecule has 1 heterocycles. The Labute approximate surface area is 153 Å². The standard InChI is InChI=1S/C19H17F3N2O3/c1-26-15-6-7-17-16(10-15)13(11-24-17)8-9-23-18(25)12-2-4-14(5-3-12)27-19(20,21)22/h2-7,10-11,24H,8-9H2,1H3,(H,23,25). The number of nitrogens with one attached hydrogen (secondary N) is 2. The molecule has 0 saturated heterocycles. The third kappa shape index (κ3) is 4.72. The first kappa shape index (κ1) is 18.6. The molecule has 0 aliphatic heterocycles. The number of amides is 1. The zero-order valence-electron chi connectivity index (χ0n) is 14.4. The van der Waals surface area contributed by atoms with Crippen molar-refractivity contribution in [2.45, 2.75) is 12.8 Å². The SMILES string of the molecule is COc1ccc2[nH]cc(CCNC(=O)c3ccc(OC(F)(F)F)cc3)c2c1. The fraction of sp³-hybridized carbons (Fsp3) is 0.211. The van der Waals surface area contributed by atoms with Crippen molar-refractivity contribution in [1.82, 2.24) is 10.3 Å². The van der Waals surface area contributed by atoms with Gasteiger partial charge in [-0.05, 0) is 54.4 Å². The van der Waals surface area contributed by atoms with Crippen LogP contribution in [0.1, 0.15) is 15.9 Å². The van der Waals surface area contributed by atoms with Crippen molar-refractivity contribution in [3.8, 4) is 11.5 Å². The zero-order valence-corrected chi connectivity index (χ0v) is 14.4. The summed E-state index contributed by atoms with van der Waals surface area (Å²) < 4.78 is 45.4. The number of carbonyl (C=O) groups is 1. The minimum Gasteiger partial charge on any atom is -0.497 e. The van der Waals surface area contributed by atoms with Gasteiger partial charge in [-0.25, -0.2) is 0 Å². The minimum absolute atomic E-state index is 0.255. The maximum atomic E-state index is 12.1. The van der Waals surface area contributed by atoms with Crippen LogP contribution in [0.2, 0.25) is 0 Å². The molecule has 142 valence electrons. The van der Waals surface area contributed by atoms with Crippen molar-refractivity contribution in [1.29, 1.82) is 0 Å². The van der Waals surface area contributed by atoms with Gasteiger partial charge in [0.05, 0.1) is 7.11 Å². The normalized spacial score (nSPS) is 11.4. The van der Waals surface area contributed by atoms with E-state index in [0.717, 1.165) is 34.3 Å². The first-order chi connectivity index (χ1) is 12.9. The maximum absolute atomic E-state index is 12.1. The van der Waals surface area contributed by atoms with Crippen LogP contribution in [0.15, 0.2) is 48.7 Å². The third-order valence-corrected chi connectivity index (χ3v) is 4.00. The van der Waals surface area contributed by atoms with E-state index in [9.17, 15) is 18.0 Å². The van der Waals surface area contributed by atoms with Crippen LogP contribution in [-0.4, -0.2) is 30.9 Å². The lowest BCUT2D eigenvalue weighted by Crippen LogP contribution is -2.25. The van der Waals surface area contributed by atoms with Gasteiger partial charge in [0, 0.05) is 29.2 Å². The highest BCUT2D eigenvalue weighted by molar-refractivity contribution is 5.94. The van der Waals surface area contributed by atoms with Gasteiger partial charge in [0.25, 0.3) is 5.91 Å². The average molecular weight is 378 g/mol. The first-order valence-electron chi connectivity index (χ1n) is 8.14. The highest BCUT2D eigenvalue weighted by atomic mass is 19.4. The number of alkyl halides is 3. The maximum Gasteiger partial charge on any atom is 0.573 e. The molecule has 3 aromatic rings. The van der Waals surface area contributed by atoms with E-state index in [0.29, 0.717) is 13.0 Å². The lowest BCUT2D eigenvalue weighted by atomic mass is 10.1. The van der Waals surface area contributed by atoms with Crippen LogP contribution in [0.4, 0.5) is 13.2 Å². The summed E-state index contributed by atoms with van der Waals surface area (Å²) >= 11 is 0. The predicted octanol–water partition coefficient (Wildman–Crippen LogP) is 4.05. The first-order valence-corrected chi connectivity index (χ1v) is 8.14. The summed E-state index contributed by atoms with van der Waals surface area (Å²) in [6.07, 6.45) is -2.29. The monoisotopic (exact) mass is 378 g/mol. The Morgan fingerprint density at radius 1 is 1.11 bits per heavy atom. The Balaban J connectivity index is 1.58. The number of ether oxygens (including phenoxy) is 2. The molecule has 0 unspecified atom stereocenters. The molecule has 1 amide bonds. The zero-order chi connectivity index (χ0) is 19.4. The fourth-order valence-electron chi connectivity index (χ4n) is 2.71. The summed E-state index contributed by atoms with van der Waals surface area (Å²) in [4.78, 5) is 15.3. The molecule has 3 rings (SSSR count). The Hall–Kier alpha value is -3.16. The molecule has 1 aromatic heterocycles. The van der Waals surface area contributed by atoms with Gasteiger partial charge in [0.15, 0.2) is 0 Å². The fourth-order valence-corrected chi connectivity index (χ4v) is 2.71. The van der Waals surface area contributed by atoms with E-state index in [1.54, 1.807) is 7.11 Å².